The molecule has 0 aromatic heterocycles. The topological polar surface area (TPSA) is 151 Å². The van der Waals surface area contributed by atoms with Gasteiger partial charge < -0.3 is 10.6 Å². The number of sulfonamides is 2. The van der Waals surface area contributed by atoms with Crippen molar-refractivity contribution >= 4 is 54.6 Å². The Hall–Kier alpha value is -6.38. The van der Waals surface area contributed by atoms with E-state index in [-0.39, 0.29) is 32.3 Å². The maximum Gasteiger partial charge on any atom is 0.261 e. The van der Waals surface area contributed by atoms with E-state index in [4.69, 9.17) is 0 Å². The summed E-state index contributed by atoms with van der Waals surface area (Å²) in [5, 5.41) is 5.68. The number of hydrogen-bond donors (Lipinski definition) is 4. The number of aryl methyl sites for hydroxylation is 2. The van der Waals surface area contributed by atoms with Crippen molar-refractivity contribution in [1.82, 2.24) is 0 Å². The van der Waals surface area contributed by atoms with Crippen LogP contribution in [0.25, 0.3) is 11.1 Å². The third kappa shape index (κ3) is 8.46. The van der Waals surface area contributed by atoms with E-state index in [1.54, 1.807) is 36.4 Å². The number of carbonyl (C=O) groups is 2. The van der Waals surface area contributed by atoms with Crippen molar-refractivity contribution in [3.05, 3.63) is 167 Å². The van der Waals surface area contributed by atoms with Gasteiger partial charge in [0.15, 0.2) is 0 Å². The van der Waals surface area contributed by atoms with Gasteiger partial charge in [0.25, 0.3) is 31.9 Å². The van der Waals surface area contributed by atoms with Crippen molar-refractivity contribution in [1.29, 1.82) is 0 Å². The molecule has 10 nitrogen and oxygen atoms in total. The lowest BCUT2D eigenvalue weighted by molar-refractivity contribution is 0.101. The quantitative estimate of drug-likeness (QED) is 0.104. The molecule has 2 amide bonds. The van der Waals surface area contributed by atoms with Crippen LogP contribution in [0.2, 0.25) is 0 Å². The smallest absolute Gasteiger partial charge is 0.261 e. The van der Waals surface area contributed by atoms with E-state index in [0.717, 1.165) is 70.8 Å². The summed E-state index contributed by atoms with van der Waals surface area (Å²) in [6, 6.07) is 31.7. The number of benzene rings is 6. The number of rotatable bonds is 11. The summed E-state index contributed by atoms with van der Waals surface area (Å²) in [6.45, 7) is 3.62. The average molecular weight is 767 g/mol. The highest BCUT2D eigenvalue weighted by Crippen LogP contribution is 2.30. The van der Waals surface area contributed by atoms with Crippen LogP contribution in [0, 0.1) is 25.5 Å². The van der Waals surface area contributed by atoms with Crippen LogP contribution in [-0.4, -0.2) is 28.6 Å². The van der Waals surface area contributed by atoms with Crippen LogP contribution in [-0.2, 0) is 20.0 Å². The first-order valence-corrected chi connectivity index (χ1v) is 19.3. The molecule has 0 atom stereocenters. The van der Waals surface area contributed by atoms with Crippen LogP contribution < -0.4 is 20.1 Å². The zero-order valence-corrected chi connectivity index (χ0v) is 30.4. The summed E-state index contributed by atoms with van der Waals surface area (Å²) in [5.74, 6) is -2.27. The van der Waals surface area contributed by atoms with Crippen LogP contribution >= 0.6 is 0 Å². The lowest BCUT2D eigenvalue weighted by Gasteiger charge is -2.15. The number of anilines is 4. The van der Waals surface area contributed by atoms with Crippen molar-refractivity contribution < 1.29 is 35.2 Å². The van der Waals surface area contributed by atoms with Gasteiger partial charge in [0.05, 0.1) is 32.3 Å². The van der Waals surface area contributed by atoms with Gasteiger partial charge in [0.2, 0.25) is 0 Å². The van der Waals surface area contributed by atoms with E-state index in [1.165, 1.54) is 24.3 Å². The Labute approximate surface area is 311 Å². The van der Waals surface area contributed by atoms with Crippen LogP contribution in [0.3, 0.4) is 0 Å². The molecule has 274 valence electrons. The van der Waals surface area contributed by atoms with E-state index in [9.17, 15) is 35.2 Å². The van der Waals surface area contributed by atoms with E-state index in [1.807, 2.05) is 38.1 Å². The molecule has 4 N–H and O–H groups in total. The second kappa shape index (κ2) is 15.3. The van der Waals surface area contributed by atoms with Crippen molar-refractivity contribution in [3.63, 3.8) is 0 Å². The highest BCUT2D eigenvalue weighted by molar-refractivity contribution is 7.93. The lowest BCUT2D eigenvalue weighted by atomic mass is 9.99. The molecular weight excluding hydrogens is 735 g/mol. The molecule has 0 bridgehead atoms. The van der Waals surface area contributed by atoms with Crippen LogP contribution in [0.1, 0.15) is 31.8 Å². The van der Waals surface area contributed by atoms with Gasteiger partial charge in [-0.15, -0.1) is 0 Å². The van der Waals surface area contributed by atoms with E-state index in [0.29, 0.717) is 11.4 Å². The summed E-state index contributed by atoms with van der Waals surface area (Å²) in [4.78, 5) is 26.4. The summed E-state index contributed by atoms with van der Waals surface area (Å²) in [5.41, 5.74) is 4.32. The Bertz CT molecular complexity index is 2430. The van der Waals surface area contributed by atoms with Gasteiger partial charge in [-0.05, 0) is 133 Å². The molecule has 6 rings (SSSR count). The number of halogens is 2. The molecule has 0 saturated carbocycles. The summed E-state index contributed by atoms with van der Waals surface area (Å²) < 4.78 is 83.2. The predicted octanol–water partition coefficient (Wildman–Crippen LogP) is 8.35. The SMILES string of the molecule is Cc1cc(-c2ccc(NC(=O)c3ccccc3NS(=O)(=O)c3ccc(F)cc3)c(C)c2)ccc1NC(=O)c1ccccc1NS(=O)(=O)c1ccc(F)cc1. The Morgan fingerprint density at radius 3 is 1.17 bits per heavy atom. The molecule has 0 aliphatic rings. The molecule has 0 aliphatic carbocycles. The molecule has 0 fully saturated rings. The van der Waals surface area contributed by atoms with Gasteiger partial charge in [-0.1, -0.05) is 36.4 Å². The summed E-state index contributed by atoms with van der Waals surface area (Å²) >= 11 is 0. The van der Waals surface area contributed by atoms with Crippen molar-refractivity contribution in [2.45, 2.75) is 23.6 Å². The molecule has 54 heavy (non-hydrogen) atoms. The molecule has 0 aliphatic heterocycles. The van der Waals surface area contributed by atoms with Crippen LogP contribution in [0.15, 0.2) is 143 Å². The van der Waals surface area contributed by atoms with Gasteiger partial charge in [0.1, 0.15) is 11.6 Å². The highest BCUT2D eigenvalue weighted by Gasteiger charge is 2.21. The fourth-order valence-electron chi connectivity index (χ4n) is 5.52. The molecule has 0 unspecified atom stereocenters. The largest absolute Gasteiger partial charge is 0.322 e. The molecule has 6 aromatic carbocycles. The van der Waals surface area contributed by atoms with Crippen molar-refractivity contribution in [2.24, 2.45) is 0 Å². The van der Waals surface area contributed by atoms with Crippen LogP contribution in [0.4, 0.5) is 31.5 Å². The predicted molar refractivity (Wildman–Crippen MR) is 205 cm³/mol. The minimum atomic E-state index is -4.10. The van der Waals surface area contributed by atoms with Crippen molar-refractivity contribution in [3.8, 4) is 11.1 Å². The van der Waals surface area contributed by atoms with Gasteiger partial charge in [0, 0.05) is 11.4 Å². The van der Waals surface area contributed by atoms with Gasteiger partial charge in [-0.3, -0.25) is 19.0 Å². The fourth-order valence-corrected chi connectivity index (χ4v) is 7.68. The van der Waals surface area contributed by atoms with Crippen molar-refractivity contribution in [2.75, 3.05) is 20.1 Å². The number of hydrogen-bond acceptors (Lipinski definition) is 6. The summed E-state index contributed by atoms with van der Waals surface area (Å²) in [7, 11) is -8.21. The third-order valence-corrected chi connectivity index (χ3v) is 11.1. The number of nitrogens with one attached hydrogen (secondary N) is 4. The Balaban J connectivity index is 1.15. The Morgan fingerprint density at radius 2 is 0.815 bits per heavy atom. The Kier molecular flexibility index (Phi) is 10.6. The maximum atomic E-state index is 13.4. The highest BCUT2D eigenvalue weighted by atomic mass is 32.2. The van der Waals surface area contributed by atoms with E-state index in [2.05, 4.69) is 20.1 Å². The summed E-state index contributed by atoms with van der Waals surface area (Å²) in [6.07, 6.45) is 0. The number of carbonyl (C=O) groups excluding carboxylic acids is 2. The first kappa shape index (κ1) is 37.4. The minimum Gasteiger partial charge on any atom is -0.322 e. The minimum absolute atomic E-state index is 0.0473. The maximum absolute atomic E-state index is 13.4. The molecule has 6 aromatic rings. The second-order valence-corrected chi connectivity index (χ2v) is 15.5. The Morgan fingerprint density at radius 1 is 0.463 bits per heavy atom. The van der Waals surface area contributed by atoms with Gasteiger partial charge in [-0.25, -0.2) is 25.6 Å². The third-order valence-electron chi connectivity index (χ3n) is 8.36. The zero-order chi connectivity index (χ0) is 38.6. The first-order chi connectivity index (χ1) is 25.7. The molecule has 0 heterocycles. The van der Waals surface area contributed by atoms with E-state index < -0.39 is 43.5 Å². The van der Waals surface area contributed by atoms with E-state index >= 15 is 0 Å². The molecule has 0 saturated heterocycles. The van der Waals surface area contributed by atoms with Gasteiger partial charge >= 0.3 is 0 Å². The van der Waals surface area contributed by atoms with Crippen LogP contribution in [0.5, 0.6) is 0 Å². The normalized spacial score (nSPS) is 11.4. The standard InChI is InChI=1S/C40H32F2N4O6S2/c1-25-23-27(11-21-35(25)43-39(47)33-7-3-5-9-37(33)45-53(49,50)31-17-13-29(41)14-18-31)28-12-22-36(26(2)24-28)44-40(48)34-8-4-6-10-38(34)46-54(51,52)32-19-15-30(42)16-20-32/h3-24,45-46H,1-2H3,(H,43,47)(H,44,48). The van der Waals surface area contributed by atoms with Gasteiger partial charge in [-0.2, -0.15) is 0 Å². The molecular formula is C40H32F2N4O6S2. The zero-order valence-electron chi connectivity index (χ0n) is 28.7. The number of para-hydroxylation sites is 2. The molecule has 0 spiro atoms. The second-order valence-electron chi connectivity index (χ2n) is 12.2. The molecule has 0 radical (unpaired) electrons. The fraction of sp³-hybridized carbons (Fsp3) is 0.0500. The monoisotopic (exact) mass is 766 g/mol. The average Bonchev–Trinajstić information content (AvgIpc) is 3.13. The number of amides is 2. The first-order valence-electron chi connectivity index (χ1n) is 16.3. The molecule has 14 heteroatoms. The lowest BCUT2D eigenvalue weighted by Crippen LogP contribution is -2.19.